The molecule has 1 nitrogen and oxygen atoms in total. The van der Waals surface area contributed by atoms with Gasteiger partial charge in [-0.15, -0.1) is 0 Å². The molecule has 0 amide bonds. The largest absolute Gasteiger partial charge is 0.311 e. The van der Waals surface area contributed by atoms with Gasteiger partial charge in [0, 0.05) is 23.9 Å². The molecule has 0 unspecified atom stereocenters. The molecule has 0 bridgehead atoms. The lowest BCUT2D eigenvalue weighted by molar-refractivity contribution is 0.801. The summed E-state index contributed by atoms with van der Waals surface area (Å²) < 4.78 is 0. The number of halogens is 1. The quantitative estimate of drug-likeness (QED) is 0.519. The number of rotatable bonds is 6. The predicted molar refractivity (Wildman–Crippen MR) is 53.8 cm³/mol. The van der Waals surface area contributed by atoms with E-state index in [0.29, 0.717) is 5.03 Å². The zero-order valence-corrected chi connectivity index (χ0v) is 8.41. The highest BCUT2D eigenvalue weighted by atomic mass is 35.5. The Bertz CT molecular complexity index is 97.7. The van der Waals surface area contributed by atoms with Crippen molar-refractivity contribution in [2.75, 3.05) is 25.1 Å². The van der Waals surface area contributed by atoms with Gasteiger partial charge in [-0.05, 0) is 6.26 Å². The van der Waals surface area contributed by atoms with Crippen molar-refractivity contribution in [3.05, 3.63) is 11.6 Å². The minimum absolute atomic E-state index is 0.675. The van der Waals surface area contributed by atoms with Crippen LogP contribution < -0.4 is 5.32 Å². The van der Waals surface area contributed by atoms with E-state index in [1.807, 2.05) is 10.8 Å². The van der Waals surface area contributed by atoms with Gasteiger partial charge in [0.05, 0.1) is 0 Å². The highest BCUT2D eigenvalue weighted by Crippen LogP contribution is 2.14. The summed E-state index contributed by atoms with van der Waals surface area (Å²) in [6, 6.07) is 0. The third-order valence-electron chi connectivity index (χ3n) is 0.797. The monoisotopic (exact) mass is 197 g/mol. The van der Waals surface area contributed by atoms with Gasteiger partial charge in [0.25, 0.3) is 0 Å². The maximum absolute atomic E-state index is 5.52. The predicted octanol–water partition coefficient (Wildman–Crippen LogP) is 2.34. The third-order valence-corrected chi connectivity index (χ3v) is 2.74. The van der Waals surface area contributed by atoms with Gasteiger partial charge in [0.2, 0.25) is 0 Å². The molecular weight excluding hydrogens is 186 g/mol. The Hall–Kier alpha value is 0.690. The molecule has 0 atom stereocenters. The van der Waals surface area contributed by atoms with Gasteiger partial charge in [0.1, 0.15) is 0 Å². The van der Waals surface area contributed by atoms with Gasteiger partial charge < -0.3 is 5.32 Å². The van der Waals surface area contributed by atoms with Crippen molar-refractivity contribution in [2.45, 2.75) is 0 Å². The Labute approximate surface area is 75.4 Å². The van der Waals surface area contributed by atoms with Gasteiger partial charge in [-0.1, -0.05) is 39.8 Å². The van der Waals surface area contributed by atoms with Crippen LogP contribution in [0.3, 0.4) is 0 Å². The van der Waals surface area contributed by atoms with E-state index >= 15 is 0 Å². The second-order valence-electron chi connectivity index (χ2n) is 1.68. The summed E-state index contributed by atoms with van der Waals surface area (Å²) in [6.07, 6.45) is 2.07. The molecule has 4 heteroatoms. The van der Waals surface area contributed by atoms with Crippen molar-refractivity contribution in [3.8, 4) is 0 Å². The molecule has 60 valence electrons. The van der Waals surface area contributed by atoms with Gasteiger partial charge in [0.15, 0.2) is 0 Å². The fourth-order valence-electron chi connectivity index (χ4n) is 0.421. The van der Waals surface area contributed by atoms with Crippen molar-refractivity contribution >= 4 is 33.2 Å². The van der Waals surface area contributed by atoms with Crippen LogP contribution in [0.5, 0.6) is 0 Å². The highest BCUT2D eigenvalue weighted by Gasteiger charge is 1.88. The van der Waals surface area contributed by atoms with Crippen LogP contribution in [-0.2, 0) is 0 Å². The molecule has 0 aromatic carbocycles. The fourth-order valence-corrected chi connectivity index (χ4v) is 1.66. The zero-order valence-electron chi connectivity index (χ0n) is 6.02. The summed E-state index contributed by atoms with van der Waals surface area (Å²) in [5, 5.41) is 3.83. The summed E-state index contributed by atoms with van der Waals surface area (Å²) in [6.45, 7) is 5.28. The lowest BCUT2D eigenvalue weighted by Crippen LogP contribution is -2.17. The number of nitrogens with one attached hydrogen (secondary N) is 1. The van der Waals surface area contributed by atoms with E-state index in [2.05, 4.69) is 18.2 Å². The lowest BCUT2D eigenvalue weighted by Gasteiger charge is -2.00. The van der Waals surface area contributed by atoms with Crippen molar-refractivity contribution in [2.24, 2.45) is 0 Å². The van der Waals surface area contributed by atoms with Crippen LogP contribution in [0.25, 0.3) is 0 Å². The molecular formula is C6H12ClNS2. The van der Waals surface area contributed by atoms with E-state index in [-0.39, 0.29) is 0 Å². The van der Waals surface area contributed by atoms with Crippen LogP contribution in [-0.4, -0.2) is 25.1 Å². The fraction of sp³-hybridized carbons (Fsp3) is 0.667. The first kappa shape index (κ1) is 10.7. The molecule has 0 radical (unpaired) electrons. The van der Waals surface area contributed by atoms with Crippen LogP contribution >= 0.6 is 33.2 Å². The van der Waals surface area contributed by atoms with Crippen molar-refractivity contribution in [1.82, 2.24) is 5.32 Å². The van der Waals surface area contributed by atoms with E-state index in [1.165, 1.54) is 0 Å². The van der Waals surface area contributed by atoms with Gasteiger partial charge in [-0.3, -0.25) is 0 Å². The van der Waals surface area contributed by atoms with E-state index in [1.54, 1.807) is 10.8 Å². The van der Waals surface area contributed by atoms with Crippen molar-refractivity contribution in [3.63, 3.8) is 0 Å². The Morgan fingerprint density at radius 3 is 2.90 bits per heavy atom. The molecule has 0 aliphatic carbocycles. The molecule has 0 rings (SSSR count). The highest BCUT2D eigenvalue weighted by molar-refractivity contribution is 8.76. The Kier molecular flexibility index (Phi) is 8.33. The molecule has 0 spiro atoms. The summed E-state index contributed by atoms with van der Waals surface area (Å²) >= 11 is 5.52. The minimum atomic E-state index is 0.675. The first-order valence-corrected chi connectivity index (χ1v) is 6.07. The topological polar surface area (TPSA) is 12.0 Å². The lowest BCUT2D eigenvalue weighted by atomic mass is 10.6. The van der Waals surface area contributed by atoms with Gasteiger partial charge >= 0.3 is 0 Å². The average Bonchev–Trinajstić information content (AvgIpc) is 1.87. The summed E-state index contributed by atoms with van der Waals surface area (Å²) in [5.41, 5.74) is 0. The molecule has 0 heterocycles. The smallest absolute Gasteiger partial charge is 0.0307 e. The minimum Gasteiger partial charge on any atom is -0.311 e. The normalized spacial score (nSPS) is 9.80. The molecule has 0 aromatic heterocycles. The maximum Gasteiger partial charge on any atom is 0.0307 e. The summed E-state index contributed by atoms with van der Waals surface area (Å²) in [4.78, 5) is 0. The average molecular weight is 198 g/mol. The van der Waals surface area contributed by atoms with Crippen LogP contribution in [0.15, 0.2) is 11.6 Å². The molecule has 0 aliphatic rings. The van der Waals surface area contributed by atoms with E-state index in [4.69, 9.17) is 11.6 Å². The van der Waals surface area contributed by atoms with Crippen LogP contribution in [0.4, 0.5) is 0 Å². The Morgan fingerprint density at radius 1 is 1.70 bits per heavy atom. The maximum atomic E-state index is 5.52. The second kappa shape index (κ2) is 7.79. The first-order chi connectivity index (χ1) is 4.77. The van der Waals surface area contributed by atoms with Gasteiger partial charge in [-0.25, -0.2) is 0 Å². The zero-order chi connectivity index (χ0) is 7.82. The third kappa shape index (κ3) is 8.69. The van der Waals surface area contributed by atoms with Gasteiger partial charge in [-0.2, -0.15) is 0 Å². The standard InChI is InChI=1S/C6H12ClNS2/c1-6(7)5-8-3-4-10-9-2/h8H,1,3-5H2,2H3. The van der Waals surface area contributed by atoms with Crippen molar-refractivity contribution in [1.29, 1.82) is 0 Å². The molecule has 0 saturated carbocycles. The molecule has 0 aliphatic heterocycles. The Balaban J connectivity index is 2.84. The van der Waals surface area contributed by atoms with Crippen molar-refractivity contribution < 1.29 is 0 Å². The number of hydrogen-bond donors (Lipinski definition) is 1. The first-order valence-electron chi connectivity index (χ1n) is 2.97. The summed E-state index contributed by atoms with van der Waals surface area (Å²) in [7, 11) is 3.62. The second-order valence-corrected chi connectivity index (χ2v) is 4.90. The van der Waals surface area contributed by atoms with Crippen LogP contribution in [0.2, 0.25) is 0 Å². The Morgan fingerprint density at radius 2 is 2.40 bits per heavy atom. The van der Waals surface area contributed by atoms with Crippen LogP contribution in [0.1, 0.15) is 0 Å². The molecule has 0 fully saturated rings. The summed E-state index contributed by atoms with van der Waals surface area (Å²) in [5.74, 6) is 1.12. The van der Waals surface area contributed by atoms with E-state index in [9.17, 15) is 0 Å². The molecule has 10 heavy (non-hydrogen) atoms. The van der Waals surface area contributed by atoms with E-state index < -0.39 is 0 Å². The van der Waals surface area contributed by atoms with E-state index in [0.717, 1.165) is 18.8 Å². The number of hydrogen-bond acceptors (Lipinski definition) is 3. The molecule has 0 aromatic rings. The van der Waals surface area contributed by atoms with Crippen LogP contribution in [0, 0.1) is 0 Å². The molecule has 1 N–H and O–H groups in total. The SMILES string of the molecule is C=C(Cl)CNCCSSC. The molecule has 0 saturated heterocycles.